The summed E-state index contributed by atoms with van der Waals surface area (Å²) in [7, 11) is 1.65. The summed E-state index contributed by atoms with van der Waals surface area (Å²) >= 11 is 0. The molecule has 0 aromatic heterocycles. The van der Waals surface area contributed by atoms with Crippen molar-refractivity contribution in [2.75, 3.05) is 7.11 Å². The van der Waals surface area contributed by atoms with Gasteiger partial charge < -0.3 is 9.84 Å². The van der Waals surface area contributed by atoms with Gasteiger partial charge in [0.1, 0.15) is 11.5 Å². The van der Waals surface area contributed by atoms with Gasteiger partial charge in [0.25, 0.3) is 0 Å². The molecule has 0 bridgehead atoms. The van der Waals surface area contributed by atoms with E-state index in [0.717, 1.165) is 22.1 Å². The molecule has 0 radical (unpaired) electrons. The fourth-order valence-corrected chi connectivity index (χ4v) is 2.18. The Balaban J connectivity index is 2.85. The van der Waals surface area contributed by atoms with Crippen LogP contribution in [0.2, 0.25) is 0 Å². The molecule has 90 valence electrons. The number of hydrogen-bond acceptors (Lipinski definition) is 2. The Morgan fingerprint density at radius 2 is 1.76 bits per heavy atom. The molecule has 0 aliphatic rings. The van der Waals surface area contributed by atoms with Gasteiger partial charge in [-0.3, -0.25) is 0 Å². The second kappa shape index (κ2) is 4.28. The molecule has 0 fully saturated rings. The molecule has 2 aromatic rings. The van der Waals surface area contributed by atoms with Gasteiger partial charge in [0.15, 0.2) is 0 Å². The highest BCUT2D eigenvalue weighted by Gasteiger charge is 2.11. The lowest BCUT2D eigenvalue weighted by molar-refractivity contribution is 0.414. The molecule has 2 heteroatoms. The summed E-state index contributed by atoms with van der Waals surface area (Å²) in [5.41, 5.74) is 2.28. The maximum absolute atomic E-state index is 10.0. The Morgan fingerprint density at radius 1 is 1.06 bits per heavy atom. The van der Waals surface area contributed by atoms with Crippen molar-refractivity contribution in [1.82, 2.24) is 0 Å². The first-order valence-corrected chi connectivity index (χ1v) is 5.84. The fraction of sp³-hybridized carbons (Fsp3) is 0.333. The van der Waals surface area contributed by atoms with Gasteiger partial charge in [-0.15, -0.1) is 0 Å². The maximum atomic E-state index is 10.0. The van der Waals surface area contributed by atoms with E-state index in [2.05, 4.69) is 19.9 Å². The molecular formula is C15H18O2. The molecule has 0 saturated carbocycles. The van der Waals surface area contributed by atoms with E-state index in [1.165, 1.54) is 5.56 Å². The third kappa shape index (κ3) is 2.07. The highest BCUT2D eigenvalue weighted by molar-refractivity contribution is 5.93. The summed E-state index contributed by atoms with van der Waals surface area (Å²) in [6.07, 6.45) is 0. The molecule has 0 amide bonds. The minimum atomic E-state index is 0.320. The topological polar surface area (TPSA) is 29.5 Å². The van der Waals surface area contributed by atoms with Crippen molar-refractivity contribution in [3.8, 4) is 11.5 Å². The number of phenolic OH excluding ortho intramolecular Hbond substituents is 1. The Morgan fingerprint density at radius 3 is 2.35 bits per heavy atom. The molecule has 0 unspecified atom stereocenters. The molecule has 0 saturated heterocycles. The van der Waals surface area contributed by atoms with Crippen molar-refractivity contribution in [2.24, 2.45) is 0 Å². The highest BCUT2D eigenvalue weighted by Crippen LogP contribution is 2.35. The number of phenols is 1. The van der Waals surface area contributed by atoms with Crippen molar-refractivity contribution in [3.05, 3.63) is 35.4 Å². The van der Waals surface area contributed by atoms with E-state index in [0.29, 0.717) is 11.7 Å². The first-order chi connectivity index (χ1) is 8.02. The fourth-order valence-electron chi connectivity index (χ4n) is 2.18. The summed E-state index contributed by atoms with van der Waals surface area (Å²) in [6, 6.07) is 7.83. The zero-order valence-corrected chi connectivity index (χ0v) is 10.7. The minimum absolute atomic E-state index is 0.320. The van der Waals surface area contributed by atoms with Gasteiger partial charge in [0.05, 0.1) is 7.11 Å². The summed E-state index contributed by atoms with van der Waals surface area (Å²) in [5.74, 6) is 1.51. The zero-order valence-electron chi connectivity index (χ0n) is 10.7. The summed E-state index contributed by atoms with van der Waals surface area (Å²) in [6.45, 7) is 6.29. The molecule has 2 nitrogen and oxygen atoms in total. The van der Waals surface area contributed by atoms with Crippen LogP contribution in [0, 0.1) is 6.92 Å². The van der Waals surface area contributed by atoms with E-state index < -0.39 is 0 Å². The Bertz CT molecular complexity index is 556. The van der Waals surface area contributed by atoms with Crippen LogP contribution in [0.3, 0.4) is 0 Å². The molecule has 0 heterocycles. The lowest BCUT2D eigenvalue weighted by Gasteiger charge is -2.14. The van der Waals surface area contributed by atoms with Crippen LogP contribution in [0.15, 0.2) is 24.3 Å². The lowest BCUT2D eigenvalue weighted by atomic mass is 9.94. The summed E-state index contributed by atoms with van der Waals surface area (Å²) in [5, 5.41) is 12.0. The number of fused-ring (bicyclic) bond motifs is 1. The smallest absolute Gasteiger partial charge is 0.123 e. The van der Waals surface area contributed by atoms with Crippen LogP contribution in [0.4, 0.5) is 0 Å². The van der Waals surface area contributed by atoms with Crippen LogP contribution in [0.1, 0.15) is 30.9 Å². The maximum Gasteiger partial charge on any atom is 0.123 e. The summed E-state index contributed by atoms with van der Waals surface area (Å²) in [4.78, 5) is 0. The third-order valence-electron chi connectivity index (χ3n) is 3.06. The van der Waals surface area contributed by atoms with Gasteiger partial charge in [0, 0.05) is 5.39 Å². The second-order valence-electron chi connectivity index (χ2n) is 4.75. The Kier molecular flexibility index (Phi) is 2.97. The van der Waals surface area contributed by atoms with Crippen molar-refractivity contribution < 1.29 is 9.84 Å². The van der Waals surface area contributed by atoms with Gasteiger partial charge >= 0.3 is 0 Å². The quantitative estimate of drug-likeness (QED) is 0.845. The number of hydrogen-bond donors (Lipinski definition) is 1. The highest BCUT2D eigenvalue weighted by atomic mass is 16.5. The third-order valence-corrected chi connectivity index (χ3v) is 3.06. The number of aromatic hydroxyl groups is 1. The van der Waals surface area contributed by atoms with Crippen LogP contribution in [-0.4, -0.2) is 12.2 Å². The van der Waals surface area contributed by atoms with E-state index >= 15 is 0 Å². The standard InChI is InChI=1S/C15H18O2/c1-9(2)12-7-11(17-4)8-14-13(12)5-10(3)6-15(14)16/h5-9,16H,1-4H3. The second-order valence-corrected chi connectivity index (χ2v) is 4.75. The predicted molar refractivity (Wildman–Crippen MR) is 71.0 cm³/mol. The van der Waals surface area contributed by atoms with Gasteiger partial charge in [-0.1, -0.05) is 19.9 Å². The minimum Gasteiger partial charge on any atom is -0.507 e. The van der Waals surface area contributed by atoms with E-state index in [1.807, 2.05) is 19.1 Å². The zero-order chi connectivity index (χ0) is 12.6. The van der Waals surface area contributed by atoms with Crippen molar-refractivity contribution in [2.45, 2.75) is 26.7 Å². The predicted octanol–water partition coefficient (Wildman–Crippen LogP) is 3.99. The molecular weight excluding hydrogens is 212 g/mol. The molecule has 2 aromatic carbocycles. The molecule has 0 aliphatic heterocycles. The molecule has 0 atom stereocenters. The van der Waals surface area contributed by atoms with Crippen molar-refractivity contribution in [1.29, 1.82) is 0 Å². The molecule has 17 heavy (non-hydrogen) atoms. The first-order valence-electron chi connectivity index (χ1n) is 5.84. The SMILES string of the molecule is COc1cc(C(C)C)c2cc(C)cc(O)c2c1. The van der Waals surface area contributed by atoms with Gasteiger partial charge in [-0.05, 0) is 47.6 Å². The van der Waals surface area contributed by atoms with Gasteiger partial charge in [-0.2, -0.15) is 0 Å². The lowest BCUT2D eigenvalue weighted by Crippen LogP contribution is -1.93. The van der Waals surface area contributed by atoms with E-state index in [1.54, 1.807) is 13.2 Å². The van der Waals surface area contributed by atoms with Crippen molar-refractivity contribution in [3.63, 3.8) is 0 Å². The van der Waals surface area contributed by atoms with Crippen LogP contribution in [-0.2, 0) is 0 Å². The van der Waals surface area contributed by atoms with Gasteiger partial charge in [0.2, 0.25) is 0 Å². The van der Waals surface area contributed by atoms with E-state index in [-0.39, 0.29) is 0 Å². The number of benzene rings is 2. The normalized spacial score (nSPS) is 11.1. The largest absolute Gasteiger partial charge is 0.507 e. The number of aryl methyl sites for hydroxylation is 1. The van der Waals surface area contributed by atoms with E-state index in [4.69, 9.17) is 4.74 Å². The average Bonchev–Trinajstić information content (AvgIpc) is 2.27. The van der Waals surface area contributed by atoms with Crippen LogP contribution < -0.4 is 4.74 Å². The summed E-state index contributed by atoms with van der Waals surface area (Å²) < 4.78 is 5.29. The average molecular weight is 230 g/mol. The molecule has 2 rings (SSSR count). The van der Waals surface area contributed by atoms with Crippen LogP contribution in [0.5, 0.6) is 11.5 Å². The number of ether oxygens (including phenoxy) is 1. The Labute approximate surface area is 102 Å². The Hall–Kier alpha value is -1.70. The molecule has 0 aliphatic carbocycles. The van der Waals surface area contributed by atoms with Crippen LogP contribution >= 0.6 is 0 Å². The monoisotopic (exact) mass is 230 g/mol. The number of methoxy groups -OCH3 is 1. The number of rotatable bonds is 2. The van der Waals surface area contributed by atoms with Crippen molar-refractivity contribution >= 4 is 10.8 Å². The van der Waals surface area contributed by atoms with Gasteiger partial charge in [-0.25, -0.2) is 0 Å². The van der Waals surface area contributed by atoms with E-state index in [9.17, 15) is 5.11 Å². The first kappa shape index (κ1) is 11.8. The molecule has 0 spiro atoms. The van der Waals surface area contributed by atoms with Crippen LogP contribution in [0.25, 0.3) is 10.8 Å². The molecule has 1 N–H and O–H groups in total.